The van der Waals surface area contributed by atoms with Crippen molar-refractivity contribution in [1.82, 2.24) is 9.97 Å². The molecule has 178 valence electrons. The molecule has 2 N–H and O–H groups in total. The van der Waals surface area contributed by atoms with Gasteiger partial charge in [0.1, 0.15) is 22.2 Å². The smallest absolute Gasteiger partial charge is 0.306 e. The van der Waals surface area contributed by atoms with Gasteiger partial charge >= 0.3 is 5.97 Å². The molecule has 0 radical (unpaired) electrons. The van der Waals surface area contributed by atoms with Crippen molar-refractivity contribution in [2.75, 3.05) is 17.3 Å². The molecule has 8 heteroatoms. The first-order valence-electron chi connectivity index (χ1n) is 11.9. The number of thioether (sulfide) groups is 1. The molecule has 0 unspecified atom stereocenters. The van der Waals surface area contributed by atoms with Crippen molar-refractivity contribution in [1.29, 1.82) is 0 Å². The van der Waals surface area contributed by atoms with Gasteiger partial charge < -0.3 is 20.1 Å². The highest BCUT2D eigenvalue weighted by molar-refractivity contribution is 7.99. The minimum atomic E-state index is -0.377. The first kappa shape index (κ1) is 23.8. The van der Waals surface area contributed by atoms with Gasteiger partial charge in [-0.3, -0.25) is 4.79 Å². The number of carbonyl (C=O) groups is 1. The number of anilines is 1. The zero-order valence-corrected chi connectivity index (χ0v) is 20.5. The maximum Gasteiger partial charge on any atom is 0.306 e. The molecule has 33 heavy (non-hydrogen) atoms. The molecule has 1 fully saturated rings. The first-order valence-corrected chi connectivity index (χ1v) is 12.9. The Morgan fingerprint density at radius 2 is 1.91 bits per heavy atom. The lowest BCUT2D eigenvalue weighted by Gasteiger charge is -2.50. The zero-order chi connectivity index (χ0) is 23.4. The Hall–Kier alpha value is -2.32. The fourth-order valence-corrected chi connectivity index (χ4v) is 5.89. The van der Waals surface area contributed by atoms with E-state index < -0.39 is 0 Å². The van der Waals surface area contributed by atoms with Crippen LogP contribution in [0.25, 0.3) is 0 Å². The monoisotopic (exact) mass is 470 g/mol. The molecule has 0 bridgehead atoms. The van der Waals surface area contributed by atoms with Crippen molar-refractivity contribution in [3.05, 3.63) is 42.2 Å². The lowest BCUT2D eigenvalue weighted by molar-refractivity contribution is -0.142. The Kier molecular flexibility index (Phi) is 7.44. The molecule has 1 aromatic heterocycles. The fraction of sp³-hybridized carbons (Fsp3) is 0.560. The van der Waals surface area contributed by atoms with Crippen molar-refractivity contribution >= 4 is 23.5 Å². The molecule has 4 atom stereocenters. The number of nitrogens with zero attached hydrogens (tertiary/aromatic N) is 3. The maximum atomic E-state index is 11.5. The van der Waals surface area contributed by atoms with Gasteiger partial charge in [0.2, 0.25) is 0 Å². The minimum Gasteiger partial charge on any atom is -0.485 e. The largest absolute Gasteiger partial charge is 0.485 e. The Bertz CT molecular complexity index is 941. The molecule has 2 aliphatic heterocycles. The quantitative estimate of drug-likeness (QED) is 0.445. The average Bonchev–Trinajstić information content (AvgIpc) is 3.10. The number of nitrogens with two attached hydrogens (primary N) is 1. The lowest BCUT2D eigenvalue weighted by Crippen LogP contribution is -2.60. The number of ether oxygens (including phenoxy) is 2. The Morgan fingerprint density at radius 1 is 1.18 bits per heavy atom. The van der Waals surface area contributed by atoms with E-state index >= 15 is 0 Å². The second-order valence-corrected chi connectivity index (χ2v) is 9.85. The highest BCUT2D eigenvalue weighted by Crippen LogP contribution is 2.50. The number of hydrogen-bond donors (Lipinski definition) is 1. The zero-order valence-electron chi connectivity index (χ0n) is 19.7. The first-order chi connectivity index (χ1) is 16.0. The Morgan fingerprint density at radius 3 is 2.52 bits per heavy atom. The van der Waals surface area contributed by atoms with Crippen LogP contribution in [-0.2, 0) is 9.53 Å². The molecule has 7 nitrogen and oxygen atoms in total. The van der Waals surface area contributed by atoms with E-state index in [1.54, 1.807) is 0 Å². The van der Waals surface area contributed by atoms with E-state index in [2.05, 4.69) is 29.8 Å². The van der Waals surface area contributed by atoms with Gasteiger partial charge in [-0.25, -0.2) is 9.97 Å². The molecular formula is C25H34N4O3S. The maximum absolute atomic E-state index is 11.5. The van der Waals surface area contributed by atoms with Crippen LogP contribution in [0, 0.1) is 0 Å². The predicted molar refractivity (Wildman–Crippen MR) is 131 cm³/mol. The summed E-state index contributed by atoms with van der Waals surface area (Å²) in [5.74, 6) is 2.27. The van der Waals surface area contributed by atoms with Crippen LogP contribution in [-0.4, -0.2) is 46.0 Å². The number of fused-ring (bicyclic) bond motifs is 1. The highest BCUT2D eigenvalue weighted by Gasteiger charge is 2.53. The molecule has 1 aromatic carbocycles. The number of para-hydroxylation sites is 1. The van der Waals surface area contributed by atoms with Gasteiger partial charge in [0, 0.05) is 36.2 Å². The highest BCUT2D eigenvalue weighted by atomic mass is 32.2. The van der Waals surface area contributed by atoms with Crippen molar-refractivity contribution in [2.24, 2.45) is 5.73 Å². The van der Waals surface area contributed by atoms with E-state index in [9.17, 15) is 4.79 Å². The fourth-order valence-electron chi connectivity index (χ4n) is 5.15. The summed E-state index contributed by atoms with van der Waals surface area (Å²) in [5.41, 5.74) is 7.51. The van der Waals surface area contributed by atoms with Gasteiger partial charge in [0.25, 0.3) is 0 Å². The third-order valence-electron chi connectivity index (χ3n) is 6.77. The van der Waals surface area contributed by atoms with E-state index in [0.29, 0.717) is 18.8 Å². The number of esters is 1. The number of carbonyl (C=O) groups excluding carboxylic acids is 1. The van der Waals surface area contributed by atoms with Crippen LogP contribution in [0.4, 0.5) is 5.82 Å². The molecule has 1 spiro atoms. The molecule has 3 heterocycles. The van der Waals surface area contributed by atoms with Crippen LogP contribution >= 0.6 is 11.8 Å². The number of benzene rings is 1. The summed E-state index contributed by atoms with van der Waals surface area (Å²) >= 11 is 1.52. The standard InChI is InChI=1S/C25H34N4O3S/c1-4-17-13-25(24(26)19-9-7-8-10-20(19)32-25)14-18(5-2)29(17)21-15-28-22(16-27-21)33-12-11-23(30)31-6-3/h7-10,15-18,24H,4-6,11-14,26H2,1-3H3/t17-,18+,24-,25+/m1/s1. The summed E-state index contributed by atoms with van der Waals surface area (Å²) in [6.07, 6.45) is 7.70. The van der Waals surface area contributed by atoms with Crippen molar-refractivity contribution in [3.8, 4) is 5.75 Å². The third kappa shape index (κ3) is 4.82. The van der Waals surface area contributed by atoms with E-state index in [1.165, 1.54) is 11.8 Å². The molecule has 2 aromatic rings. The summed E-state index contributed by atoms with van der Waals surface area (Å²) in [6, 6.07) is 8.57. The SMILES string of the molecule is CCOC(=O)CCSc1cnc(N2[C@H](CC)C[C@@]3(C[C@@H]2CC)Oc2ccccc2[C@H]3N)cn1. The second kappa shape index (κ2) is 10.3. The van der Waals surface area contributed by atoms with E-state index in [4.69, 9.17) is 20.2 Å². The van der Waals surface area contributed by atoms with E-state index in [-0.39, 0.29) is 29.7 Å². The summed E-state index contributed by atoms with van der Waals surface area (Å²) in [7, 11) is 0. The van der Waals surface area contributed by atoms with Gasteiger partial charge in [0.05, 0.1) is 31.5 Å². The number of hydrogen-bond acceptors (Lipinski definition) is 8. The number of aromatic nitrogens is 2. The lowest BCUT2D eigenvalue weighted by atomic mass is 9.75. The topological polar surface area (TPSA) is 90.6 Å². The minimum absolute atomic E-state index is 0.122. The molecule has 0 aliphatic carbocycles. The second-order valence-electron chi connectivity index (χ2n) is 8.74. The van der Waals surface area contributed by atoms with Gasteiger partial charge in [-0.1, -0.05) is 32.0 Å². The number of piperidine rings is 1. The van der Waals surface area contributed by atoms with Crippen molar-refractivity contribution in [2.45, 2.75) is 81.6 Å². The Balaban J connectivity index is 1.48. The molecule has 0 saturated carbocycles. The van der Waals surface area contributed by atoms with Crippen LogP contribution < -0.4 is 15.4 Å². The van der Waals surface area contributed by atoms with E-state index in [1.807, 2.05) is 37.5 Å². The Labute approximate surface area is 200 Å². The molecular weight excluding hydrogens is 436 g/mol. The van der Waals surface area contributed by atoms with Gasteiger partial charge in [-0.15, -0.1) is 11.8 Å². The molecule has 0 amide bonds. The summed E-state index contributed by atoms with van der Waals surface area (Å²) in [4.78, 5) is 23.3. The van der Waals surface area contributed by atoms with E-state index in [0.717, 1.165) is 47.8 Å². The molecule has 2 aliphatic rings. The number of rotatable bonds is 8. The van der Waals surface area contributed by atoms with Gasteiger partial charge in [0.15, 0.2) is 0 Å². The van der Waals surface area contributed by atoms with Crippen LogP contribution in [0.2, 0.25) is 0 Å². The predicted octanol–water partition coefficient (Wildman–Crippen LogP) is 4.51. The normalized spacial score (nSPS) is 26.2. The third-order valence-corrected chi connectivity index (χ3v) is 7.68. The average molecular weight is 471 g/mol. The van der Waals surface area contributed by atoms with Crippen LogP contribution in [0.15, 0.2) is 41.7 Å². The van der Waals surface area contributed by atoms with Crippen molar-refractivity contribution in [3.63, 3.8) is 0 Å². The molecule has 1 saturated heterocycles. The summed E-state index contributed by atoms with van der Waals surface area (Å²) < 4.78 is 11.5. The van der Waals surface area contributed by atoms with Gasteiger partial charge in [-0.05, 0) is 25.8 Å². The van der Waals surface area contributed by atoms with Crippen LogP contribution in [0.1, 0.15) is 64.5 Å². The summed E-state index contributed by atoms with van der Waals surface area (Å²) in [5, 5.41) is 0.814. The van der Waals surface area contributed by atoms with Gasteiger partial charge in [-0.2, -0.15) is 0 Å². The van der Waals surface area contributed by atoms with Crippen LogP contribution in [0.3, 0.4) is 0 Å². The molecule has 4 rings (SSSR count). The van der Waals surface area contributed by atoms with Crippen molar-refractivity contribution < 1.29 is 14.3 Å². The summed E-state index contributed by atoms with van der Waals surface area (Å²) in [6.45, 7) is 6.65. The van der Waals surface area contributed by atoms with Crippen LogP contribution in [0.5, 0.6) is 5.75 Å².